The molecule has 0 radical (unpaired) electrons. The van der Waals surface area contributed by atoms with E-state index in [0.29, 0.717) is 6.54 Å². The molecule has 2 rings (SSSR count). The molecular weight excluding hydrogens is 248 g/mol. The molecule has 0 bridgehead atoms. The molecule has 0 fully saturated rings. The highest BCUT2D eigenvalue weighted by Crippen LogP contribution is 2.13. The van der Waals surface area contributed by atoms with Crippen LogP contribution in [0.25, 0.3) is 0 Å². The summed E-state index contributed by atoms with van der Waals surface area (Å²) in [6, 6.07) is 0. The molecule has 102 valence electrons. The molecule has 0 saturated carbocycles. The van der Waals surface area contributed by atoms with Gasteiger partial charge in [-0.3, -0.25) is 9.59 Å². The Balaban J connectivity index is 1.73. The van der Waals surface area contributed by atoms with Gasteiger partial charge in [0, 0.05) is 12.1 Å². The highest BCUT2D eigenvalue weighted by atomic mass is 16.5. The van der Waals surface area contributed by atoms with Crippen molar-refractivity contribution in [3.8, 4) is 0 Å². The molecule has 0 saturated heterocycles. The second kappa shape index (κ2) is 5.64. The molecule has 0 unspecified atom stereocenters. The zero-order chi connectivity index (χ0) is 13.8. The van der Waals surface area contributed by atoms with E-state index in [0.717, 1.165) is 29.9 Å². The standard InChI is InChI=1S/C12H16N4O3/c1-7-9(8(2)19-16-7)4-3-5-13-12(18)10-6-11(17)15-14-10/h3-6H2,1-2H3,(H,13,18)(H,15,17). The second-order valence-electron chi connectivity index (χ2n) is 4.43. The maximum Gasteiger partial charge on any atom is 0.268 e. The van der Waals surface area contributed by atoms with Crippen molar-refractivity contribution in [2.45, 2.75) is 33.1 Å². The highest BCUT2D eigenvalue weighted by Gasteiger charge is 2.20. The first-order valence-corrected chi connectivity index (χ1v) is 6.13. The maximum atomic E-state index is 11.6. The summed E-state index contributed by atoms with van der Waals surface area (Å²) in [4.78, 5) is 22.5. The predicted molar refractivity (Wildman–Crippen MR) is 67.5 cm³/mol. The van der Waals surface area contributed by atoms with Crippen molar-refractivity contribution in [1.29, 1.82) is 0 Å². The number of nitrogens with zero attached hydrogens (tertiary/aromatic N) is 2. The monoisotopic (exact) mass is 264 g/mol. The van der Waals surface area contributed by atoms with Gasteiger partial charge in [0.25, 0.3) is 5.91 Å². The summed E-state index contributed by atoms with van der Waals surface area (Å²) in [5.41, 5.74) is 4.46. The van der Waals surface area contributed by atoms with Crippen LogP contribution in [0, 0.1) is 13.8 Å². The number of hydrazone groups is 1. The van der Waals surface area contributed by atoms with Gasteiger partial charge in [0.2, 0.25) is 5.91 Å². The number of aromatic nitrogens is 1. The fraction of sp³-hybridized carbons (Fsp3) is 0.500. The van der Waals surface area contributed by atoms with Gasteiger partial charge in [-0.1, -0.05) is 5.16 Å². The third-order valence-electron chi connectivity index (χ3n) is 2.98. The SMILES string of the molecule is Cc1noc(C)c1CCCNC(=O)C1=NNC(=O)C1. The Labute approximate surface area is 110 Å². The molecule has 1 aromatic rings. The van der Waals surface area contributed by atoms with E-state index >= 15 is 0 Å². The van der Waals surface area contributed by atoms with E-state index < -0.39 is 0 Å². The number of amides is 2. The summed E-state index contributed by atoms with van der Waals surface area (Å²) in [7, 11) is 0. The third-order valence-corrected chi connectivity index (χ3v) is 2.98. The molecule has 0 aliphatic carbocycles. The molecule has 0 spiro atoms. The molecule has 1 aliphatic heterocycles. The summed E-state index contributed by atoms with van der Waals surface area (Å²) in [6.07, 6.45) is 1.63. The van der Waals surface area contributed by atoms with Crippen LogP contribution in [-0.2, 0) is 16.0 Å². The number of hydrogen-bond acceptors (Lipinski definition) is 5. The Morgan fingerprint density at radius 3 is 2.84 bits per heavy atom. The maximum absolute atomic E-state index is 11.6. The van der Waals surface area contributed by atoms with Gasteiger partial charge in [-0.25, -0.2) is 5.43 Å². The van der Waals surface area contributed by atoms with Crippen molar-refractivity contribution in [2.24, 2.45) is 5.10 Å². The minimum Gasteiger partial charge on any atom is -0.361 e. The molecule has 19 heavy (non-hydrogen) atoms. The van der Waals surface area contributed by atoms with Gasteiger partial charge in [-0.15, -0.1) is 0 Å². The van der Waals surface area contributed by atoms with E-state index in [-0.39, 0.29) is 23.9 Å². The number of rotatable bonds is 5. The van der Waals surface area contributed by atoms with Crippen LogP contribution in [0.15, 0.2) is 9.62 Å². The van der Waals surface area contributed by atoms with Gasteiger partial charge < -0.3 is 9.84 Å². The van der Waals surface area contributed by atoms with Crippen LogP contribution in [-0.4, -0.2) is 29.2 Å². The van der Waals surface area contributed by atoms with Crippen molar-refractivity contribution in [1.82, 2.24) is 15.9 Å². The average Bonchev–Trinajstić information content (AvgIpc) is 2.94. The van der Waals surface area contributed by atoms with Crippen molar-refractivity contribution in [3.05, 3.63) is 17.0 Å². The van der Waals surface area contributed by atoms with Crippen molar-refractivity contribution in [2.75, 3.05) is 6.54 Å². The van der Waals surface area contributed by atoms with E-state index in [1.807, 2.05) is 13.8 Å². The average molecular weight is 264 g/mol. The van der Waals surface area contributed by atoms with Crippen LogP contribution in [0.5, 0.6) is 0 Å². The topological polar surface area (TPSA) is 96.6 Å². The summed E-state index contributed by atoms with van der Waals surface area (Å²) < 4.78 is 5.06. The zero-order valence-corrected chi connectivity index (χ0v) is 10.9. The Morgan fingerprint density at radius 1 is 1.47 bits per heavy atom. The normalized spacial score (nSPS) is 14.2. The number of nitrogens with one attached hydrogen (secondary N) is 2. The van der Waals surface area contributed by atoms with Gasteiger partial charge >= 0.3 is 0 Å². The number of aryl methyl sites for hydroxylation is 2. The Bertz CT molecular complexity index is 514. The zero-order valence-electron chi connectivity index (χ0n) is 10.9. The van der Waals surface area contributed by atoms with Gasteiger partial charge in [0.15, 0.2) is 0 Å². The first-order chi connectivity index (χ1) is 9.08. The fourth-order valence-electron chi connectivity index (χ4n) is 1.92. The molecular formula is C12H16N4O3. The van der Waals surface area contributed by atoms with Gasteiger partial charge in [-0.2, -0.15) is 5.10 Å². The first kappa shape index (κ1) is 13.3. The minimum absolute atomic E-state index is 0.0513. The smallest absolute Gasteiger partial charge is 0.268 e. The van der Waals surface area contributed by atoms with Crippen LogP contribution < -0.4 is 10.7 Å². The van der Waals surface area contributed by atoms with Crippen LogP contribution in [0.1, 0.15) is 29.9 Å². The van der Waals surface area contributed by atoms with E-state index in [2.05, 4.69) is 21.0 Å². The van der Waals surface area contributed by atoms with Crippen LogP contribution in [0.4, 0.5) is 0 Å². The van der Waals surface area contributed by atoms with Crippen molar-refractivity contribution >= 4 is 17.5 Å². The predicted octanol–water partition coefficient (Wildman–Crippen LogP) is 0.216. The van der Waals surface area contributed by atoms with Gasteiger partial charge in [0.1, 0.15) is 11.5 Å². The largest absolute Gasteiger partial charge is 0.361 e. The Morgan fingerprint density at radius 2 is 2.26 bits per heavy atom. The number of hydrogen-bond donors (Lipinski definition) is 2. The van der Waals surface area contributed by atoms with E-state index in [1.54, 1.807) is 0 Å². The number of carbonyl (C=O) groups is 2. The molecule has 0 atom stereocenters. The molecule has 7 heteroatoms. The summed E-state index contributed by atoms with van der Waals surface area (Å²) >= 11 is 0. The molecule has 0 aromatic carbocycles. The van der Waals surface area contributed by atoms with Gasteiger partial charge in [0.05, 0.1) is 12.1 Å². The molecule has 2 heterocycles. The second-order valence-corrected chi connectivity index (χ2v) is 4.43. The Kier molecular flexibility index (Phi) is 3.94. The number of carbonyl (C=O) groups excluding carboxylic acids is 2. The lowest BCUT2D eigenvalue weighted by Gasteiger charge is -2.03. The molecule has 7 nitrogen and oxygen atoms in total. The van der Waals surface area contributed by atoms with Crippen LogP contribution in [0.3, 0.4) is 0 Å². The quantitative estimate of drug-likeness (QED) is 0.743. The minimum atomic E-state index is -0.294. The summed E-state index contributed by atoms with van der Waals surface area (Å²) in [5.74, 6) is 0.275. The first-order valence-electron chi connectivity index (χ1n) is 6.13. The molecule has 1 aliphatic rings. The van der Waals surface area contributed by atoms with Crippen molar-refractivity contribution in [3.63, 3.8) is 0 Å². The van der Waals surface area contributed by atoms with E-state index in [4.69, 9.17) is 4.52 Å². The molecule has 1 aromatic heterocycles. The lowest BCUT2D eigenvalue weighted by Crippen LogP contribution is -2.31. The summed E-state index contributed by atoms with van der Waals surface area (Å²) in [5, 5.41) is 10.3. The van der Waals surface area contributed by atoms with E-state index in [9.17, 15) is 9.59 Å². The third kappa shape index (κ3) is 3.18. The lowest BCUT2D eigenvalue weighted by molar-refractivity contribution is -0.120. The van der Waals surface area contributed by atoms with Crippen LogP contribution in [0.2, 0.25) is 0 Å². The van der Waals surface area contributed by atoms with Gasteiger partial charge in [-0.05, 0) is 26.7 Å². The van der Waals surface area contributed by atoms with Crippen molar-refractivity contribution < 1.29 is 14.1 Å². The summed E-state index contributed by atoms with van der Waals surface area (Å²) in [6.45, 7) is 4.30. The molecule has 2 N–H and O–H groups in total. The van der Waals surface area contributed by atoms with E-state index in [1.165, 1.54) is 0 Å². The Hall–Kier alpha value is -2.18. The highest BCUT2D eigenvalue weighted by molar-refractivity contribution is 6.43. The van der Waals surface area contributed by atoms with Crippen LogP contribution >= 0.6 is 0 Å². The molecule has 2 amide bonds. The lowest BCUT2D eigenvalue weighted by atomic mass is 10.1. The fourth-order valence-corrected chi connectivity index (χ4v) is 1.92.